The second kappa shape index (κ2) is 5.17. The van der Waals surface area contributed by atoms with Gasteiger partial charge in [-0.25, -0.2) is 4.98 Å². The number of nitrogens with one attached hydrogen (secondary N) is 1. The molecular formula is C13H11F3N2O. The van der Waals surface area contributed by atoms with Crippen molar-refractivity contribution in [2.75, 3.05) is 12.4 Å². The number of halogens is 3. The molecule has 0 aliphatic rings. The highest BCUT2D eigenvalue weighted by Crippen LogP contribution is 2.32. The number of alkyl halides is 3. The molecule has 0 aliphatic carbocycles. The van der Waals surface area contributed by atoms with Crippen molar-refractivity contribution in [3.8, 4) is 11.5 Å². The molecule has 100 valence electrons. The molecule has 0 atom stereocenters. The van der Waals surface area contributed by atoms with Gasteiger partial charge in [0, 0.05) is 19.3 Å². The van der Waals surface area contributed by atoms with Crippen LogP contribution in [0, 0.1) is 0 Å². The molecule has 1 aromatic carbocycles. The predicted octanol–water partition coefficient (Wildman–Crippen LogP) is 3.93. The maximum absolute atomic E-state index is 12.5. The van der Waals surface area contributed by atoms with Crippen LogP contribution in [0.2, 0.25) is 0 Å². The monoisotopic (exact) mass is 268 g/mol. The fraction of sp³-hybridized carbons (Fsp3) is 0.154. The Kier molecular flexibility index (Phi) is 3.59. The van der Waals surface area contributed by atoms with Gasteiger partial charge in [-0.05, 0) is 24.3 Å². The molecule has 0 saturated carbocycles. The van der Waals surface area contributed by atoms with Crippen molar-refractivity contribution >= 4 is 5.82 Å². The second-order valence-corrected chi connectivity index (χ2v) is 3.75. The van der Waals surface area contributed by atoms with Crippen LogP contribution in [0.25, 0.3) is 0 Å². The van der Waals surface area contributed by atoms with Crippen molar-refractivity contribution < 1.29 is 17.9 Å². The van der Waals surface area contributed by atoms with Crippen LogP contribution in [0.5, 0.6) is 11.5 Å². The number of aromatic nitrogens is 1. The molecule has 0 amide bonds. The van der Waals surface area contributed by atoms with Crippen LogP contribution in [-0.2, 0) is 6.18 Å². The van der Waals surface area contributed by atoms with E-state index in [1.54, 1.807) is 19.2 Å². The molecule has 19 heavy (non-hydrogen) atoms. The standard InChI is InChI=1S/C13H11F3N2O/c1-17-12-8-11(5-6-18-12)19-10-4-2-3-9(7-10)13(14,15)16/h2-8H,1H3,(H,17,18). The van der Waals surface area contributed by atoms with Crippen LogP contribution in [0.3, 0.4) is 0 Å². The fourth-order valence-corrected chi connectivity index (χ4v) is 1.48. The van der Waals surface area contributed by atoms with Crippen LogP contribution in [0.4, 0.5) is 19.0 Å². The number of rotatable bonds is 3. The van der Waals surface area contributed by atoms with E-state index in [2.05, 4.69) is 10.3 Å². The van der Waals surface area contributed by atoms with Crippen molar-refractivity contribution in [1.82, 2.24) is 4.98 Å². The van der Waals surface area contributed by atoms with Gasteiger partial charge in [-0.3, -0.25) is 0 Å². The number of ether oxygens (including phenoxy) is 1. The third-order valence-corrected chi connectivity index (χ3v) is 2.38. The van der Waals surface area contributed by atoms with Crippen molar-refractivity contribution in [2.24, 2.45) is 0 Å². The predicted molar refractivity (Wildman–Crippen MR) is 65.3 cm³/mol. The zero-order valence-corrected chi connectivity index (χ0v) is 10.0. The van der Waals surface area contributed by atoms with Gasteiger partial charge in [-0.2, -0.15) is 13.2 Å². The largest absolute Gasteiger partial charge is 0.457 e. The van der Waals surface area contributed by atoms with Gasteiger partial charge in [0.15, 0.2) is 0 Å². The molecular weight excluding hydrogens is 257 g/mol. The summed E-state index contributed by atoms with van der Waals surface area (Å²) in [4.78, 5) is 3.99. The first-order valence-corrected chi connectivity index (χ1v) is 5.48. The zero-order valence-electron chi connectivity index (χ0n) is 10.0. The minimum atomic E-state index is -4.38. The van der Waals surface area contributed by atoms with Crippen LogP contribution in [0.1, 0.15) is 5.56 Å². The first-order chi connectivity index (χ1) is 8.99. The molecule has 0 spiro atoms. The minimum absolute atomic E-state index is 0.128. The van der Waals surface area contributed by atoms with E-state index in [1.807, 2.05) is 0 Å². The average molecular weight is 268 g/mol. The first kappa shape index (κ1) is 13.2. The Labute approximate surface area is 108 Å². The average Bonchev–Trinajstić information content (AvgIpc) is 2.38. The quantitative estimate of drug-likeness (QED) is 0.915. The Bertz CT molecular complexity index is 570. The van der Waals surface area contributed by atoms with Crippen molar-refractivity contribution in [2.45, 2.75) is 6.18 Å². The SMILES string of the molecule is CNc1cc(Oc2cccc(C(F)(F)F)c2)ccn1. The second-order valence-electron chi connectivity index (χ2n) is 3.75. The van der Waals surface area contributed by atoms with Crippen LogP contribution < -0.4 is 10.1 Å². The maximum Gasteiger partial charge on any atom is 0.416 e. The highest BCUT2D eigenvalue weighted by Gasteiger charge is 2.30. The molecule has 1 aromatic heterocycles. The molecule has 0 saturated heterocycles. The van der Waals surface area contributed by atoms with Crippen LogP contribution >= 0.6 is 0 Å². The molecule has 0 fully saturated rings. The Morgan fingerprint density at radius 2 is 1.84 bits per heavy atom. The summed E-state index contributed by atoms with van der Waals surface area (Å²) in [5, 5.41) is 2.82. The molecule has 0 radical (unpaired) electrons. The van der Waals surface area contributed by atoms with E-state index in [-0.39, 0.29) is 5.75 Å². The van der Waals surface area contributed by atoms with Gasteiger partial charge < -0.3 is 10.1 Å². The summed E-state index contributed by atoms with van der Waals surface area (Å²) in [6.07, 6.45) is -2.87. The van der Waals surface area contributed by atoms with Gasteiger partial charge in [0.05, 0.1) is 5.56 Å². The smallest absolute Gasteiger partial charge is 0.416 e. The normalized spacial score (nSPS) is 11.2. The Balaban J connectivity index is 2.23. The lowest BCUT2D eigenvalue weighted by molar-refractivity contribution is -0.137. The van der Waals surface area contributed by atoms with E-state index in [0.717, 1.165) is 12.1 Å². The highest BCUT2D eigenvalue weighted by molar-refractivity contribution is 5.42. The Morgan fingerprint density at radius 1 is 1.11 bits per heavy atom. The third-order valence-electron chi connectivity index (χ3n) is 2.38. The summed E-state index contributed by atoms with van der Waals surface area (Å²) < 4.78 is 43.0. The molecule has 2 aromatic rings. The third kappa shape index (κ3) is 3.37. The molecule has 3 nitrogen and oxygen atoms in total. The van der Waals surface area contributed by atoms with Crippen molar-refractivity contribution in [3.05, 3.63) is 48.2 Å². The molecule has 1 heterocycles. The molecule has 0 aliphatic heterocycles. The van der Waals surface area contributed by atoms with Gasteiger partial charge in [0.25, 0.3) is 0 Å². The summed E-state index contributed by atoms with van der Waals surface area (Å²) in [6, 6.07) is 7.90. The van der Waals surface area contributed by atoms with Gasteiger partial charge >= 0.3 is 6.18 Å². The molecule has 0 unspecified atom stereocenters. The van der Waals surface area contributed by atoms with E-state index >= 15 is 0 Å². The number of anilines is 1. The molecule has 1 N–H and O–H groups in total. The zero-order chi connectivity index (χ0) is 13.9. The number of hydrogen-bond donors (Lipinski definition) is 1. The Hall–Kier alpha value is -2.24. The summed E-state index contributed by atoms with van der Waals surface area (Å²) >= 11 is 0. The number of nitrogens with zero attached hydrogens (tertiary/aromatic N) is 1. The minimum Gasteiger partial charge on any atom is -0.457 e. The van der Waals surface area contributed by atoms with E-state index in [0.29, 0.717) is 11.6 Å². The van der Waals surface area contributed by atoms with Crippen molar-refractivity contribution in [1.29, 1.82) is 0 Å². The fourth-order valence-electron chi connectivity index (χ4n) is 1.48. The summed E-state index contributed by atoms with van der Waals surface area (Å²) in [5.74, 6) is 1.12. The lowest BCUT2D eigenvalue weighted by Crippen LogP contribution is -2.04. The Morgan fingerprint density at radius 3 is 2.53 bits per heavy atom. The van der Waals surface area contributed by atoms with Gasteiger partial charge in [0.1, 0.15) is 17.3 Å². The lowest BCUT2D eigenvalue weighted by Gasteiger charge is -2.10. The van der Waals surface area contributed by atoms with Gasteiger partial charge in [0.2, 0.25) is 0 Å². The highest BCUT2D eigenvalue weighted by atomic mass is 19.4. The number of pyridine rings is 1. The lowest BCUT2D eigenvalue weighted by atomic mass is 10.2. The first-order valence-electron chi connectivity index (χ1n) is 5.48. The maximum atomic E-state index is 12.5. The summed E-state index contributed by atoms with van der Waals surface area (Å²) in [6.45, 7) is 0. The molecule has 6 heteroatoms. The summed E-state index contributed by atoms with van der Waals surface area (Å²) in [5.41, 5.74) is -0.743. The summed E-state index contributed by atoms with van der Waals surface area (Å²) in [7, 11) is 1.69. The van der Waals surface area contributed by atoms with E-state index in [4.69, 9.17) is 4.74 Å². The van der Waals surface area contributed by atoms with E-state index < -0.39 is 11.7 Å². The van der Waals surface area contributed by atoms with Crippen molar-refractivity contribution in [3.63, 3.8) is 0 Å². The van der Waals surface area contributed by atoms with E-state index in [1.165, 1.54) is 18.3 Å². The topological polar surface area (TPSA) is 34.1 Å². The van der Waals surface area contributed by atoms with Crippen LogP contribution in [0.15, 0.2) is 42.6 Å². The number of hydrogen-bond acceptors (Lipinski definition) is 3. The van der Waals surface area contributed by atoms with Gasteiger partial charge in [-0.1, -0.05) is 6.07 Å². The van der Waals surface area contributed by atoms with E-state index in [9.17, 15) is 13.2 Å². The van der Waals surface area contributed by atoms with Crippen LogP contribution in [-0.4, -0.2) is 12.0 Å². The molecule has 0 bridgehead atoms. The number of benzene rings is 1. The van der Waals surface area contributed by atoms with Gasteiger partial charge in [-0.15, -0.1) is 0 Å². The molecule has 2 rings (SSSR count).